The number of aliphatic hydroxyl groups excluding tert-OH is 1. The van der Waals surface area contributed by atoms with Crippen molar-refractivity contribution in [3.8, 4) is 11.5 Å². The van der Waals surface area contributed by atoms with Crippen LogP contribution in [0, 0.1) is 0 Å². The van der Waals surface area contributed by atoms with Crippen molar-refractivity contribution in [2.24, 2.45) is 0 Å². The Labute approximate surface area is 112 Å². The summed E-state index contributed by atoms with van der Waals surface area (Å²) >= 11 is 0. The lowest BCUT2D eigenvalue weighted by Crippen LogP contribution is -2.34. The Morgan fingerprint density at radius 1 is 1.35 bits per heavy atom. The minimum Gasteiger partial charge on any atom is -0.490 e. The third-order valence-electron chi connectivity index (χ3n) is 2.27. The van der Waals surface area contributed by atoms with Gasteiger partial charge in [0, 0.05) is 0 Å². The van der Waals surface area contributed by atoms with Gasteiger partial charge in [0.25, 0.3) is 0 Å². The van der Waals surface area contributed by atoms with Gasteiger partial charge in [-0.25, -0.2) is 4.79 Å². The third-order valence-corrected chi connectivity index (χ3v) is 2.27. The predicted molar refractivity (Wildman–Crippen MR) is 62.1 cm³/mol. The summed E-state index contributed by atoms with van der Waals surface area (Å²) in [6.45, 7) is 0.691. The third kappa shape index (κ3) is 4.02. The molecule has 0 aliphatic carbocycles. The standard InChI is InChI=1S/C12H13F3O5/c1-2-19-8-5-3-4-7(11(17)18)10(8)20-6-9(16)12(13,14)15/h3-5,9,16H,2,6H2,1H3,(H,17,18). The molecule has 0 fully saturated rings. The first-order valence-corrected chi connectivity index (χ1v) is 5.64. The molecule has 1 unspecified atom stereocenters. The number of rotatable bonds is 6. The molecule has 5 nitrogen and oxygen atoms in total. The number of para-hydroxylation sites is 1. The van der Waals surface area contributed by atoms with E-state index in [1.54, 1.807) is 6.92 Å². The zero-order valence-electron chi connectivity index (χ0n) is 10.5. The Morgan fingerprint density at radius 2 is 2.00 bits per heavy atom. The molecule has 2 N–H and O–H groups in total. The van der Waals surface area contributed by atoms with Crippen molar-refractivity contribution in [1.82, 2.24) is 0 Å². The molecule has 0 radical (unpaired) electrons. The molecule has 1 aromatic rings. The Hall–Kier alpha value is -1.96. The highest BCUT2D eigenvalue weighted by Gasteiger charge is 2.39. The van der Waals surface area contributed by atoms with Crippen LogP contribution in [-0.2, 0) is 0 Å². The monoisotopic (exact) mass is 294 g/mol. The largest absolute Gasteiger partial charge is 0.490 e. The van der Waals surface area contributed by atoms with E-state index >= 15 is 0 Å². The smallest absolute Gasteiger partial charge is 0.417 e. The van der Waals surface area contributed by atoms with Gasteiger partial charge in [-0.2, -0.15) is 13.2 Å². The second kappa shape index (κ2) is 6.47. The second-order valence-electron chi connectivity index (χ2n) is 3.74. The first-order valence-electron chi connectivity index (χ1n) is 5.64. The topological polar surface area (TPSA) is 76.0 Å². The summed E-state index contributed by atoms with van der Waals surface area (Å²) in [5.41, 5.74) is -0.342. The fourth-order valence-corrected chi connectivity index (χ4v) is 1.36. The number of carbonyl (C=O) groups is 1. The van der Waals surface area contributed by atoms with Crippen molar-refractivity contribution in [3.05, 3.63) is 23.8 Å². The van der Waals surface area contributed by atoms with Crippen LogP contribution in [0.1, 0.15) is 17.3 Å². The highest BCUT2D eigenvalue weighted by atomic mass is 19.4. The van der Waals surface area contributed by atoms with E-state index in [9.17, 15) is 18.0 Å². The number of benzene rings is 1. The summed E-state index contributed by atoms with van der Waals surface area (Å²) in [4.78, 5) is 11.0. The van der Waals surface area contributed by atoms with Gasteiger partial charge >= 0.3 is 12.1 Å². The number of carboxylic acids is 1. The first-order chi connectivity index (χ1) is 9.27. The Morgan fingerprint density at radius 3 is 2.50 bits per heavy atom. The number of alkyl halides is 3. The molecule has 0 spiro atoms. The van der Waals surface area contributed by atoms with Gasteiger partial charge in [0.05, 0.1) is 6.61 Å². The maximum atomic E-state index is 12.2. The summed E-state index contributed by atoms with van der Waals surface area (Å²) in [6, 6.07) is 3.91. The van der Waals surface area contributed by atoms with E-state index in [1.165, 1.54) is 18.2 Å². The van der Waals surface area contributed by atoms with Crippen LogP contribution >= 0.6 is 0 Å². The maximum Gasteiger partial charge on any atom is 0.417 e. The summed E-state index contributed by atoms with van der Waals surface area (Å²) < 4.78 is 46.4. The lowest BCUT2D eigenvalue weighted by Gasteiger charge is -2.18. The van der Waals surface area contributed by atoms with E-state index in [2.05, 4.69) is 0 Å². The molecular formula is C12H13F3O5. The van der Waals surface area contributed by atoms with Gasteiger partial charge in [-0.1, -0.05) is 6.07 Å². The summed E-state index contributed by atoms with van der Waals surface area (Å²) in [7, 11) is 0. The predicted octanol–water partition coefficient (Wildman–Crippen LogP) is 2.09. The molecule has 8 heteroatoms. The van der Waals surface area contributed by atoms with Crippen LogP contribution in [0.5, 0.6) is 11.5 Å². The van der Waals surface area contributed by atoms with Gasteiger partial charge < -0.3 is 19.7 Å². The molecule has 0 amide bonds. The van der Waals surface area contributed by atoms with Gasteiger partial charge in [0.1, 0.15) is 12.2 Å². The van der Waals surface area contributed by atoms with Gasteiger partial charge in [-0.15, -0.1) is 0 Å². The quantitative estimate of drug-likeness (QED) is 0.840. The highest BCUT2D eigenvalue weighted by Crippen LogP contribution is 2.32. The molecule has 0 aromatic heterocycles. The molecule has 20 heavy (non-hydrogen) atoms. The van der Waals surface area contributed by atoms with Crippen molar-refractivity contribution in [3.63, 3.8) is 0 Å². The number of ether oxygens (including phenoxy) is 2. The molecule has 0 saturated carbocycles. The summed E-state index contributed by atoms with van der Waals surface area (Å²) in [5, 5.41) is 17.8. The van der Waals surface area contributed by atoms with Crippen molar-refractivity contribution in [1.29, 1.82) is 0 Å². The Balaban J connectivity index is 2.99. The number of carboxylic acid groups (broad SMARTS) is 1. The number of aromatic carboxylic acids is 1. The molecule has 0 aliphatic rings. The Kier molecular flexibility index (Phi) is 5.20. The average molecular weight is 294 g/mol. The fraction of sp³-hybridized carbons (Fsp3) is 0.417. The first kappa shape index (κ1) is 16.1. The summed E-state index contributed by atoms with van der Waals surface area (Å²) in [5.74, 6) is -1.71. The average Bonchev–Trinajstić information content (AvgIpc) is 2.35. The van der Waals surface area contributed by atoms with Crippen molar-refractivity contribution in [2.45, 2.75) is 19.2 Å². The number of halogens is 3. The summed E-state index contributed by atoms with van der Waals surface area (Å²) in [6.07, 6.45) is -7.55. The van der Waals surface area contributed by atoms with Crippen LogP contribution in [0.15, 0.2) is 18.2 Å². The second-order valence-corrected chi connectivity index (χ2v) is 3.74. The molecule has 112 valence electrons. The molecule has 0 bridgehead atoms. The van der Waals surface area contributed by atoms with E-state index < -0.39 is 24.9 Å². The molecule has 1 aromatic carbocycles. The van der Waals surface area contributed by atoms with Crippen LogP contribution in [0.2, 0.25) is 0 Å². The highest BCUT2D eigenvalue weighted by molar-refractivity contribution is 5.92. The number of hydrogen-bond acceptors (Lipinski definition) is 4. The molecule has 0 saturated heterocycles. The number of aliphatic hydroxyl groups is 1. The minimum absolute atomic E-state index is 0.00164. The van der Waals surface area contributed by atoms with Crippen LogP contribution < -0.4 is 9.47 Å². The van der Waals surface area contributed by atoms with Gasteiger partial charge in [-0.05, 0) is 19.1 Å². The van der Waals surface area contributed by atoms with E-state index in [0.717, 1.165) is 0 Å². The zero-order chi connectivity index (χ0) is 15.3. The lowest BCUT2D eigenvalue weighted by atomic mass is 10.2. The fourth-order valence-electron chi connectivity index (χ4n) is 1.36. The van der Waals surface area contributed by atoms with E-state index in [0.29, 0.717) is 0 Å². The van der Waals surface area contributed by atoms with Crippen LogP contribution in [-0.4, -0.2) is 41.7 Å². The van der Waals surface area contributed by atoms with Gasteiger partial charge in [0.15, 0.2) is 17.6 Å². The molecular weight excluding hydrogens is 281 g/mol. The van der Waals surface area contributed by atoms with Crippen LogP contribution in [0.4, 0.5) is 13.2 Å². The lowest BCUT2D eigenvalue weighted by molar-refractivity contribution is -0.210. The van der Waals surface area contributed by atoms with Crippen molar-refractivity contribution >= 4 is 5.97 Å². The van der Waals surface area contributed by atoms with Crippen LogP contribution in [0.25, 0.3) is 0 Å². The Bertz CT molecular complexity index is 473. The van der Waals surface area contributed by atoms with E-state index in [-0.39, 0.29) is 23.7 Å². The molecule has 1 atom stereocenters. The van der Waals surface area contributed by atoms with Crippen LogP contribution in [0.3, 0.4) is 0 Å². The van der Waals surface area contributed by atoms with Crippen molar-refractivity contribution in [2.75, 3.05) is 13.2 Å². The van der Waals surface area contributed by atoms with Gasteiger partial charge in [0.2, 0.25) is 0 Å². The minimum atomic E-state index is -4.84. The molecule has 0 heterocycles. The van der Waals surface area contributed by atoms with E-state index in [1.807, 2.05) is 0 Å². The van der Waals surface area contributed by atoms with Gasteiger partial charge in [-0.3, -0.25) is 0 Å². The zero-order valence-corrected chi connectivity index (χ0v) is 10.5. The molecule has 0 aliphatic heterocycles. The van der Waals surface area contributed by atoms with Crippen molar-refractivity contribution < 1.29 is 37.7 Å². The number of hydrogen-bond donors (Lipinski definition) is 2. The normalized spacial score (nSPS) is 12.8. The SMILES string of the molecule is CCOc1cccc(C(=O)O)c1OCC(O)C(F)(F)F. The maximum absolute atomic E-state index is 12.2. The van der Waals surface area contributed by atoms with E-state index in [4.69, 9.17) is 19.7 Å². The molecule has 1 rings (SSSR count).